The van der Waals surface area contributed by atoms with Gasteiger partial charge in [-0.25, -0.2) is 4.98 Å². The Morgan fingerprint density at radius 3 is 2.65 bits per heavy atom. The third-order valence-electron chi connectivity index (χ3n) is 4.74. The van der Waals surface area contributed by atoms with E-state index in [0.29, 0.717) is 25.3 Å². The maximum absolute atomic E-state index is 12.6. The van der Waals surface area contributed by atoms with E-state index in [2.05, 4.69) is 31.0 Å². The first-order valence-corrected chi connectivity index (χ1v) is 8.68. The monoisotopic (exact) mass is 353 g/mol. The molecule has 0 spiro atoms. The van der Waals surface area contributed by atoms with Crippen LogP contribution in [0.4, 0.5) is 0 Å². The van der Waals surface area contributed by atoms with E-state index in [4.69, 9.17) is 5.11 Å². The number of aromatic nitrogens is 1. The summed E-state index contributed by atoms with van der Waals surface area (Å²) in [6.45, 7) is 5.48. The Morgan fingerprint density at radius 1 is 1.15 bits per heavy atom. The molecule has 2 amide bonds. The number of aliphatic hydroxyl groups excluding tert-OH is 1. The average molecular weight is 353 g/mol. The third kappa shape index (κ3) is 3.91. The summed E-state index contributed by atoms with van der Waals surface area (Å²) in [5.41, 5.74) is 4.23. The maximum Gasteiger partial charge on any atom is 0.272 e. The number of aryl methyl sites for hydroxylation is 2. The van der Waals surface area contributed by atoms with Crippen molar-refractivity contribution in [3.05, 3.63) is 64.5 Å². The molecule has 0 radical (unpaired) electrons. The average Bonchev–Trinajstić information content (AvgIpc) is 2.65. The third-order valence-corrected chi connectivity index (χ3v) is 4.74. The molecule has 26 heavy (non-hydrogen) atoms. The van der Waals surface area contributed by atoms with E-state index in [1.165, 1.54) is 16.0 Å². The largest absolute Gasteiger partial charge is 0.390 e. The minimum absolute atomic E-state index is 0.0503. The van der Waals surface area contributed by atoms with Crippen LogP contribution in [-0.2, 0) is 17.9 Å². The van der Waals surface area contributed by atoms with E-state index < -0.39 is 0 Å². The lowest BCUT2D eigenvalue weighted by Crippen LogP contribution is -2.51. The first-order valence-electron chi connectivity index (χ1n) is 8.68. The molecule has 0 aliphatic carbocycles. The Balaban J connectivity index is 1.65. The molecule has 0 bridgehead atoms. The molecule has 1 aromatic carbocycles. The van der Waals surface area contributed by atoms with Gasteiger partial charge in [0.15, 0.2) is 0 Å². The van der Waals surface area contributed by atoms with Crippen LogP contribution < -0.4 is 0 Å². The minimum Gasteiger partial charge on any atom is -0.390 e. The SMILES string of the molecule is Cc1ccc(CN2CCN(C(=O)c3cccc(CO)n3)CC2=O)cc1C. The van der Waals surface area contributed by atoms with Crippen molar-refractivity contribution in [2.24, 2.45) is 0 Å². The summed E-state index contributed by atoms with van der Waals surface area (Å²) in [5.74, 6) is -0.347. The van der Waals surface area contributed by atoms with Crippen molar-refractivity contribution in [1.29, 1.82) is 0 Å². The minimum atomic E-state index is -0.278. The highest BCUT2D eigenvalue weighted by atomic mass is 16.3. The van der Waals surface area contributed by atoms with Gasteiger partial charge in [0.1, 0.15) is 12.2 Å². The number of rotatable bonds is 4. The highest BCUT2D eigenvalue weighted by Gasteiger charge is 2.28. The molecule has 6 heteroatoms. The van der Waals surface area contributed by atoms with Crippen molar-refractivity contribution >= 4 is 11.8 Å². The van der Waals surface area contributed by atoms with Crippen molar-refractivity contribution in [2.75, 3.05) is 19.6 Å². The smallest absolute Gasteiger partial charge is 0.272 e. The summed E-state index contributed by atoms with van der Waals surface area (Å²) in [6, 6.07) is 11.1. The van der Waals surface area contributed by atoms with Gasteiger partial charge >= 0.3 is 0 Å². The van der Waals surface area contributed by atoms with Crippen LogP contribution in [0, 0.1) is 13.8 Å². The van der Waals surface area contributed by atoms with E-state index in [9.17, 15) is 9.59 Å². The van der Waals surface area contributed by atoms with Gasteiger partial charge in [-0.15, -0.1) is 0 Å². The summed E-state index contributed by atoms with van der Waals surface area (Å²) in [4.78, 5) is 32.5. The summed E-state index contributed by atoms with van der Waals surface area (Å²) in [6.07, 6.45) is 0. The fourth-order valence-corrected chi connectivity index (χ4v) is 3.02. The number of piperazine rings is 1. The summed E-state index contributed by atoms with van der Waals surface area (Å²) >= 11 is 0. The molecule has 2 aromatic rings. The molecular formula is C20H23N3O3. The highest BCUT2D eigenvalue weighted by Crippen LogP contribution is 2.15. The zero-order valence-corrected chi connectivity index (χ0v) is 15.1. The summed E-state index contributed by atoms with van der Waals surface area (Å²) in [5, 5.41) is 9.16. The molecule has 1 N–H and O–H groups in total. The normalized spacial score (nSPS) is 14.7. The second-order valence-corrected chi connectivity index (χ2v) is 6.63. The van der Waals surface area contributed by atoms with Crippen LogP contribution in [0.1, 0.15) is 32.9 Å². The lowest BCUT2D eigenvalue weighted by atomic mass is 10.1. The molecule has 1 aliphatic heterocycles. The summed E-state index contributed by atoms with van der Waals surface area (Å²) < 4.78 is 0. The predicted molar refractivity (Wildman–Crippen MR) is 97.4 cm³/mol. The van der Waals surface area contributed by atoms with Gasteiger partial charge in [-0.1, -0.05) is 24.3 Å². The quantitative estimate of drug-likeness (QED) is 0.907. The van der Waals surface area contributed by atoms with Crippen LogP contribution in [0.15, 0.2) is 36.4 Å². The van der Waals surface area contributed by atoms with Crippen LogP contribution in [-0.4, -0.2) is 51.3 Å². The molecule has 6 nitrogen and oxygen atoms in total. The fourth-order valence-electron chi connectivity index (χ4n) is 3.02. The van der Waals surface area contributed by atoms with Crippen LogP contribution >= 0.6 is 0 Å². The summed E-state index contributed by atoms with van der Waals surface area (Å²) in [7, 11) is 0. The molecule has 0 saturated carbocycles. The molecule has 3 rings (SSSR count). The van der Waals surface area contributed by atoms with Crippen LogP contribution in [0.5, 0.6) is 0 Å². The van der Waals surface area contributed by atoms with Gasteiger partial charge in [-0.05, 0) is 42.7 Å². The Hall–Kier alpha value is -2.73. The standard InChI is InChI=1S/C20H23N3O3/c1-14-6-7-16(10-15(14)2)11-22-8-9-23(12-19(22)25)20(26)18-5-3-4-17(13-24)21-18/h3-7,10,24H,8-9,11-13H2,1-2H3. The molecule has 0 atom stereocenters. The zero-order chi connectivity index (χ0) is 18.7. The van der Waals surface area contributed by atoms with Gasteiger partial charge in [0, 0.05) is 19.6 Å². The van der Waals surface area contributed by atoms with Crippen LogP contribution in [0.25, 0.3) is 0 Å². The van der Waals surface area contributed by atoms with Crippen molar-refractivity contribution in [3.8, 4) is 0 Å². The maximum atomic E-state index is 12.6. The van der Waals surface area contributed by atoms with Gasteiger partial charge in [-0.3, -0.25) is 9.59 Å². The van der Waals surface area contributed by atoms with Gasteiger partial charge < -0.3 is 14.9 Å². The lowest BCUT2D eigenvalue weighted by Gasteiger charge is -2.34. The molecule has 1 aliphatic rings. The number of hydrogen-bond acceptors (Lipinski definition) is 4. The van der Waals surface area contributed by atoms with Gasteiger partial charge in [0.05, 0.1) is 12.3 Å². The van der Waals surface area contributed by atoms with Crippen LogP contribution in [0.3, 0.4) is 0 Å². The van der Waals surface area contributed by atoms with E-state index in [1.807, 2.05) is 6.07 Å². The number of pyridine rings is 1. The molecule has 136 valence electrons. The lowest BCUT2D eigenvalue weighted by molar-refractivity contribution is -0.135. The van der Waals surface area contributed by atoms with Crippen LogP contribution in [0.2, 0.25) is 0 Å². The Morgan fingerprint density at radius 2 is 1.96 bits per heavy atom. The second kappa shape index (κ2) is 7.66. The Kier molecular flexibility index (Phi) is 5.32. The number of carbonyl (C=O) groups excluding carboxylic acids is 2. The molecule has 1 aromatic heterocycles. The van der Waals surface area contributed by atoms with E-state index in [-0.39, 0.29) is 30.7 Å². The van der Waals surface area contributed by atoms with Crippen molar-refractivity contribution in [2.45, 2.75) is 27.0 Å². The number of benzene rings is 1. The number of carbonyl (C=O) groups is 2. The first-order chi connectivity index (χ1) is 12.5. The highest BCUT2D eigenvalue weighted by molar-refractivity contribution is 5.95. The fraction of sp³-hybridized carbons (Fsp3) is 0.350. The molecule has 1 fully saturated rings. The molecule has 1 saturated heterocycles. The number of aliphatic hydroxyl groups is 1. The Labute approximate surface area is 153 Å². The number of nitrogens with zero attached hydrogens (tertiary/aromatic N) is 3. The van der Waals surface area contributed by atoms with Crippen molar-refractivity contribution in [3.63, 3.8) is 0 Å². The molecule has 2 heterocycles. The van der Waals surface area contributed by atoms with Gasteiger partial charge in [-0.2, -0.15) is 0 Å². The number of hydrogen-bond donors (Lipinski definition) is 1. The van der Waals surface area contributed by atoms with E-state index in [0.717, 1.165) is 5.56 Å². The number of amides is 2. The van der Waals surface area contributed by atoms with E-state index in [1.54, 1.807) is 23.1 Å². The van der Waals surface area contributed by atoms with Crippen molar-refractivity contribution < 1.29 is 14.7 Å². The van der Waals surface area contributed by atoms with Gasteiger partial charge in [0.2, 0.25) is 5.91 Å². The molecule has 0 unspecified atom stereocenters. The Bertz CT molecular complexity index is 835. The second-order valence-electron chi connectivity index (χ2n) is 6.63. The van der Waals surface area contributed by atoms with Gasteiger partial charge in [0.25, 0.3) is 5.91 Å². The topological polar surface area (TPSA) is 73.7 Å². The zero-order valence-electron chi connectivity index (χ0n) is 15.1. The van der Waals surface area contributed by atoms with E-state index >= 15 is 0 Å². The first kappa shape index (κ1) is 18.1. The predicted octanol–water partition coefficient (Wildman–Crippen LogP) is 1.68. The van der Waals surface area contributed by atoms with Crippen molar-refractivity contribution in [1.82, 2.24) is 14.8 Å². The molecular weight excluding hydrogens is 330 g/mol.